The van der Waals surface area contributed by atoms with Gasteiger partial charge in [0.15, 0.2) is 0 Å². The van der Waals surface area contributed by atoms with Crippen LogP contribution in [0.5, 0.6) is 0 Å². The van der Waals surface area contributed by atoms with Crippen molar-refractivity contribution in [1.82, 2.24) is 5.32 Å². The Morgan fingerprint density at radius 1 is 0.900 bits per heavy atom. The molecule has 0 rings (SSSR count). The molecule has 0 saturated heterocycles. The summed E-state index contributed by atoms with van der Waals surface area (Å²) in [7, 11) is 0. The van der Waals surface area contributed by atoms with Gasteiger partial charge in [-0.15, -0.1) is 0 Å². The summed E-state index contributed by atoms with van der Waals surface area (Å²) in [4.78, 5) is 0. The number of hydrogen-bond acceptors (Lipinski definition) is 3. The van der Waals surface area contributed by atoms with Gasteiger partial charge in [-0.05, 0) is 39.0 Å². The zero-order chi connectivity index (χ0) is 6.95. The number of nitrogens with one attached hydrogen (secondary N) is 1. The first kappa shape index (κ1) is 13.1. The van der Waals surface area contributed by atoms with E-state index in [1.54, 1.807) is 0 Å². The van der Waals surface area contributed by atoms with Gasteiger partial charge in [-0.1, -0.05) is 0 Å². The summed E-state index contributed by atoms with van der Waals surface area (Å²) in [5.41, 5.74) is 10.6. The molecule has 4 heteroatoms. The Kier molecular flexibility index (Phi) is 16.0. The Morgan fingerprint density at radius 3 is 1.60 bits per heavy atom. The molecule has 0 amide bonds. The Morgan fingerprint density at radius 2 is 1.30 bits per heavy atom. The van der Waals surface area contributed by atoms with E-state index in [4.69, 9.17) is 11.5 Å². The summed E-state index contributed by atoms with van der Waals surface area (Å²) < 4.78 is 0. The van der Waals surface area contributed by atoms with E-state index >= 15 is 0 Å². The molecule has 0 aliphatic carbocycles. The molecule has 0 aromatic carbocycles. The van der Waals surface area contributed by atoms with Gasteiger partial charge in [-0.25, -0.2) is 0 Å². The van der Waals surface area contributed by atoms with E-state index in [1.165, 1.54) is 0 Å². The van der Waals surface area contributed by atoms with E-state index in [2.05, 4.69) is 5.32 Å². The molecule has 0 aliphatic rings. The normalized spacial score (nSPS) is 9.00. The summed E-state index contributed by atoms with van der Waals surface area (Å²) in [6.07, 6.45) is 2.12. The van der Waals surface area contributed by atoms with Crippen LogP contribution in [0.3, 0.4) is 0 Å². The van der Waals surface area contributed by atoms with Gasteiger partial charge in [0.1, 0.15) is 0 Å². The third-order valence-corrected chi connectivity index (χ3v) is 1.12. The molecular weight excluding hydrogens is 121 g/mol. The van der Waals surface area contributed by atoms with Crippen LogP contribution < -0.4 is 16.8 Å². The topological polar surface area (TPSA) is 64.1 Å². The van der Waals surface area contributed by atoms with Crippen molar-refractivity contribution in [2.24, 2.45) is 11.5 Å². The average molecular weight is 139 g/mol. The summed E-state index contributed by atoms with van der Waals surface area (Å²) >= 11 is 0. The van der Waals surface area contributed by atoms with E-state index in [-0.39, 0.29) is 18.9 Å². The Bertz CT molecular complexity index is 46.3. The molecule has 0 heterocycles. The second kappa shape index (κ2) is 12.2. The molecule has 0 aromatic rings. The van der Waals surface area contributed by atoms with Gasteiger partial charge in [-0.3, -0.25) is 0 Å². The summed E-state index contributed by atoms with van der Waals surface area (Å²) in [5, 5.41) is 3.23. The number of hydrogen-bond donors (Lipinski definition) is 3. The minimum atomic E-state index is 0. The molecule has 0 fully saturated rings. The van der Waals surface area contributed by atoms with Crippen LogP contribution in [0, 0.1) is 0 Å². The first-order chi connectivity index (χ1) is 4.41. The molecule has 0 bridgehead atoms. The molecule has 0 atom stereocenters. The van der Waals surface area contributed by atoms with E-state index in [0.717, 1.165) is 39.0 Å². The quantitative estimate of drug-likeness (QED) is 0.314. The summed E-state index contributed by atoms with van der Waals surface area (Å²) in [6.45, 7) is 3.60. The van der Waals surface area contributed by atoms with E-state index in [0.29, 0.717) is 0 Å². The van der Waals surface area contributed by atoms with Crippen molar-refractivity contribution in [2.75, 3.05) is 26.2 Å². The predicted molar refractivity (Wildman–Crippen MR) is 47.4 cm³/mol. The van der Waals surface area contributed by atoms with Crippen LogP contribution in [0.15, 0.2) is 0 Å². The molecule has 10 heavy (non-hydrogen) atoms. The molecule has 0 saturated carbocycles. The van der Waals surface area contributed by atoms with Crippen LogP contribution in [0.4, 0.5) is 0 Å². The van der Waals surface area contributed by atoms with Crippen LogP contribution in [0.1, 0.15) is 12.8 Å². The fourth-order valence-corrected chi connectivity index (χ4v) is 0.579. The van der Waals surface area contributed by atoms with Crippen LogP contribution in [-0.2, 0) is 0 Å². The number of rotatable bonds is 6. The first-order valence-electron chi connectivity index (χ1n) is 3.52. The maximum atomic E-state index is 5.28. The van der Waals surface area contributed by atoms with Gasteiger partial charge in [-0.2, -0.15) is 0 Å². The standard InChI is InChI=1S/C6H17N3.Li.H/c7-3-1-5-9-6-2-4-8;;/h9H,1-8H2;;. The van der Waals surface area contributed by atoms with Crippen LogP contribution in [0.25, 0.3) is 0 Å². The summed E-state index contributed by atoms with van der Waals surface area (Å²) in [6, 6.07) is 0. The number of nitrogens with two attached hydrogens (primary N) is 2. The van der Waals surface area contributed by atoms with Crippen LogP contribution >= 0.6 is 0 Å². The molecule has 0 aromatic heterocycles. The van der Waals surface area contributed by atoms with Gasteiger partial charge in [0.25, 0.3) is 0 Å². The van der Waals surface area contributed by atoms with Crippen molar-refractivity contribution in [3.05, 3.63) is 0 Å². The molecule has 58 valence electrons. The summed E-state index contributed by atoms with van der Waals surface area (Å²) in [5.74, 6) is 0. The average Bonchev–Trinajstić information content (AvgIpc) is 1.89. The zero-order valence-corrected chi connectivity index (χ0v) is 5.90. The molecule has 0 spiro atoms. The fraction of sp³-hybridized carbons (Fsp3) is 1.00. The van der Waals surface area contributed by atoms with E-state index in [9.17, 15) is 0 Å². The van der Waals surface area contributed by atoms with Crippen LogP contribution in [-0.4, -0.2) is 45.0 Å². The Hall–Kier alpha value is 0.477. The first-order valence-corrected chi connectivity index (χ1v) is 3.52. The van der Waals surface area contributed by atoms with Crippen molar-refractivity contribution >= 4 is 18.9 Å². The maximum absolute atomic E-state index is 5.28. The van der Waals surface area contributed by atoms with Gasteiger partial charge in [0, 0.05) is 0 Å². The monoisotopic (exact) mass is 139 g/mol. The van der Waals surface area contributed by atoms with Gasteiger partial charge < -0.3 is 16.8 Å². The third-order valence-electron chi connectivity index (χ3n) is 1.12. The fourth-order valence-electron chi connectivity index (χ4n) is 0.579. The van der Waals surface area contributed by atoms with E-state index in [1.807, 2.05) is 0 Å². The third kappa shape index (κ3) is 11.3. The van der Waals surface area contributed by atoms with Gasteiger partial charge >= 0.3 is 18.9 Å². The van der Waals surface area contributed by atoms with Crippen molar-refractivity contribution in [3.8, 4) is 0 Å². The predicted octanol–water partition coefficient (Wildman–Crippen LogP) is -1.37. The van der Waals surface area contributed by atoms with Crippen molar-refractivity contribution < 1.29 is 0 Å². The Labute approximate surface area is 75.1 Å². The molecule has 3 nitrogen and oxygen atoms in total. The second-order valence-corrected chi connectivity index (χ2v) is 2.03. The minimum absolute atomic E-state index is 0. The molecule has 0 radical (unpaired) electrons. The van der Waals surface area contributed by atoms with Crippen molar-refractivity contribution in [2.45, 2.75) is 12.8 Å². The zero-order valence-electron chi connectivity index (χ0n) is 5.90. The van der Waals surface area contributed by atoms with Gasteiger partial charge in [0.05, 0.1) is 0 Å². The van der Waals surface area contributed by atoms with Crippen molar-refractivity contribution in [3.63, 3.8) is 0 Å². The van der Waals surface area contributed by atoms with E-state index < -0.39 is 0 Å². The molecule has 0 unspecified atom stereocenters. The SMILES string of the molecule is NCCCNCCCN.[LiH]. The molecular formula is C6H18LiN3. The van der Waals surface area contributed by atoms with Gasteiger partial charge in [0.2, 0.25) is 0 Å². The molecule has 5 N–H and O–H groups in total. The second-order valence-electron chi connectivity index (χ2n) is 2.03. The van der Waals surface area contributed by atoms with Crippen molar-refractivity contribution in [1.29, 1.82) is 0 Å². The van der Waals surface area contributed by atoms with Crippen LogP contribution in [0.2, 0.25) is 0 Å². The Balaban J connectivity index is 0. The molecule has 0 aliphatic heterocycles.